The first-order valence-corrected chi connectivity index (χ1v) is 4.23. The molecule has 0 aliphatic heterocycles. The number of thiazole rings is 1. The van der Waals surface area contributed by atoms with Crippen molar-refractivity contribution in [3.63, 3.8) is 0 Å². The van der Waals surface area contributed by atoms with Crippen LogP contribution >= 0.6 is 11.3 Å². The number of hydrogen-bond donors (Lipinski definition) is 1. The summed E-state index contributed by atoms with van der Waals surface area (Å²) < 4.78 is 0. The zero-order valence-corrected chi connectivity index (χ0v) is 7.11. The molecule has 0 spiro atoms. The van der Waals surface area contributed by atoms with E-state index < -0.39 is 0 Å². The van der Waals surface area contributed by atoms with E-state index in [1.165, 1.54) is 4.88 Å². The standard InChI is InChI=1S/C7H12N2S/c1-3-6(8)7-9-4-5(2)10-7/h4,6H,3,8H2,1-2H3. The average Bonchev–Trinajstić information content (AvgIpc) is 2.34. The Morgan fingerprint density at radius 3 is 2.90 bits per heavy atom. The maximum atomic E-state index is 5.76. The molecule has 1 atom stereocenters. The van der Waals surface area contributed by atoms with Gasteiger partial charge in [-0.3, -0.25) is 0 Å². The molecule has 1 rings (SSSR count). The van der Waals surface area contributed by atoms with Crippen LogP contribution in [-0.2, 0) is 0 Å². The Bertz CT molecular complexity index is 207. The lowest BCUT2D eigenvalue weighted by molar-refractivity contribution is 0.692. The van der Waals surface area contributed by atoms with Gasteiger partial charge in [-0.2, -0.15) is 0 Å². The first-order chi connectivity index (χ1) is 4.74. The third-order valence-electron chi connectivity index (χ3n) is 1.40. The maximum absolute atomic E-state index is 5.76. The van der Waals surface area contributed by atoms with Crippen LogP contribution in [0.1, 0.15) is 29.3 Å². The van der Waals surface area contributed by atoms with E-state index in [1.54, 1.807) is 11.3 Å². The quantitative estimate of drug-likeness (QED) is 0.709. The van der Waals surface area contributed by atoms with E-state index in [1.807, 2.05) is 13.1 Å². The zero-order chi connectivity index (χ0) is 7.56. The van der Waals surface area contributed by atoms with Gasteiger partial charge in [0.2, 0.25) is 0 Å². The summed E-state index contributed by atoms with van der Waals surface area (Å²) in [5.74, 6) is 0. The second-order valence-corrected chi connectivity index (χ2v) is 3.59. The second kappa shape index (κ2) is 3.12. The van der Waals surface area contributed by atoms with Gasteiger partial charge in [-0.05, 0) is 13.3 Å². The molecule has 0 fully saturated rings. The molecule has 0 aromatic carbocycles. The number of nitrogens with zero attached hydrogens (tertiary/aromatic N) is 1. The van der Waals surface area contributed by atoms with Gasteiger partial charge < -0.3 is 5.73 Å². The van der Waals surface area contributed by atoms with Crippen LogP contribution < -0.4 is 5.73 Å². The molecule has 0 aliphatic carbocycles. The molecule has 0 amide bonds. The van der Waals surface area contributed by atoms with Crippen molar-refractivity contribution in [3.05, 3.63) is 16.1 Å². The molecular formula is C7H12N2S. The van der Waals surface area contributed by atoms with Gasteiger partial charge in [0.05, 0.1) is 6.04 Å². The first kappa shape index (κ1) is 7.69. The highest BCUT2D eigenvalue weighted by molar-refractivity contribution is 7.11. The molecule has 2 N–H and O–H groups in total. The summed E-state index contributed by atoms with van der Waals surface area (Å²) in [6, 6.07) is 0.138. The molecule has 0 saturated carbocycles. The third-order valence-corrected chi connectivity index (χ3v) is 2.44. The SMILES string of the molecule is CCC(N)c1ncc(C)s1. The van der Waals surface area contributed by atoms with Crippen molar-refractivity contribution in [2.75, 3.05) is 0 Å². The van der Waals surface area contributed by atoms with Crippen molar-refractivity contribution in [2.45, 2.75) is 26.3 Å². The van der Waals surface area contributed by atoms with E-state index in [9.17, 15) is 0 Å². The summed E-state index contributed by atoms with van der Waals surface area (Å²) in [5.41, 5.74) is 5.76. The summed E-state index contributed by atoms with van der Waals surface area (Å²) in [6.45, 7) is 4.12. The zero-order valence-electron chi connectivity index (χ0n) is 6.29. The lowest BCUT2D eigenvalue weighted by Crippen LogP contribution is -2.07. The van der Waals surface area contributed by atoms with E-state index in [0.717, 1.165) is 11.4 Å². The molecule has 56 valence electrons. The van der Waals surface area contributed by atoms with E-state index in [-0.39, 0.29) is 6.04 Å². The number of aryl methyl sites for hydroxylation is 1. The highest BCUT2D eigenvalue weighted by Gasteiger charge is 2.05. The number of aromatic nitrogens is 1. The Morgan fingerprint density at radius 2 is 2.50 bits per heavy atom. The van der Waals surface area contributed by atoms with Gasteiger partial charge >= 0.3 is 0 Å². The largest absolute Gasteiger partial charge is 0.322 e. The summed E-state index contributed by atoms with van der Waals surface area (Å²) >= 11 is 1.68. The molecule has 0 radical (unpaired) electrons. The van der Waals surface area contributed by atoms with Gasteiger partial charge in [-0.15, -0.1) is 11.3 Å². The molecule has 3 heteroatoms. The molecule has 1 unspecified atom stereocenters. The van der Waals surface area contributed by atoms with Crippen molar-refractivity contribution in [3.8, 4) is 0 Å². The lowest BCUT2D eigenvalue weighted by Gasteiger charge is -2.01. The van der Waals surface area contributed by atoms with Crippen LogP contribution in [-0.4, -0.2) is 4.98 Å². The fraction of sp³-hybridized carbons (Fsp3) is 0.571. The molecule has 10 heavy (non-hydrogen) atoms. The topological polar surface area (TPSA) is 38.9 Å². The van der Waals surface area contributed by atoms with Crippen molar-refractivity contribution in [1.29, 1.82) is 0 Å². The maximum Gasteiger partial charge on any atom is 0.110 e. The molecule has 0 bridgehead atoms. The summed E-state index contributed by atoms with van der Waals surface area (Å²) in [7, 11) is 0. The fourth-order valence-electron chi connectivity index (χ4n) is 0.718. The van der Waals surface area contributed by atoms with E-state index >= 15 is 0 Å². The molecule has 1 aromatic rings. The molecule has 1 aromatic heterocycles. The van der Waals surface area contributed by atoms with E-state index in [0.29, 0.717) is 0 Å². The third kappa shape index (κ3) is 1.55. The predicted molar refractivity (Wildman–Crippen MR) is 44.1 cm³/mol. The Kier molecular flexibility index (Phi) is 2.40. The number of nitrogens with two attached hydrogens (primary N) is 1. The molecule has 1 heterocycles. The fourth-order valence-corrected chi connectivity index (χ4v) is 1.58. The van der Waals surface area contributed by atoms with Crippen LogP contribution in [0.4, 0.5) is 0 Å². The minimum atomic E-state index is 0.138. The lowest BCUT2D eigenvalue weighted by atomic mass is 10.3. The van der Waals surface area contributed by atoms with Crippen LogP contribution in [0.3, 0.4) is 0 Å². The van der Waals surface area contributed by atoms with Crippen LogP contribution in [0.2, 0.25) is 0 Å². The normalized spacial score (nSPS) is 13.5. The van der Waals surface area contributed by atoms with Gasteiger partial charge in [-0.25, -0.2) is 4.98 Å². The van der Waals surface area contributed by atoms with Crippen LogP contribution in [0.5, 0.6) is 0 Å². The summed E-state index contributed by atoms with van der Waals surface area (Å²) in [4.78, 5) is 5.42. The van der Waals surface area contributed by atoms with Gasteiger partial charge in [0.15, 0.2) is 0 Å². The number of rotatable bonds is 2. The predicted octanol–water partition coefficient (Wildman–Crippen LogP) is 1.86. The van der Waals surface area contributed by atoms with Crippen molar-refractivity contribution >= 4 is 11.3 Å². The average molecular weight is 156 g/mol. The number of hydrogen-bond acceptors (Lipinski definition) is 3. The molecule has 0 saturated heterocycles. The van der Waals surface area contributed by atoms with Gasteiger partial charge in [0, 0.05) is 11.1 Å². The van der Waals surface area contributed by atoms with Crippen molar-refractivity contribution < 1.29 is 0 Å². The molecule has 2 nitrogen and oxygen atoms in total. The highest BCUT2D eigenvalue weighted by Crippen LogP contribution is 2.19. The Labute approximate surface area is 65.1 Å². The Hall–Kier alpha value is -0.410. The van der Waals surface area contributed by atoms with Crippen molar-refractivity contribution in [1.82, 2.24) is 4.98 Å². The van der Waals surface area contributed by atoms with Gasteiger partial charge in [0.25, 0.3) is 0 Å². The molecule has 0 aliphatic rings. The van der Waals surface area contributed by atoms with Crippen LogP contribution in [0.15, 0.2) is 6.20 Å². The highest BCUT2D eigenvalue weighted by atomic mass is 32.1. The minimum Gasteiger partial charge on any atom is -0.322 e. The monoisotopic (exact) mass is 156 g/mol. The second-order valence-electron chi connectivity index (χ2n) is 2.32. The summed E-state index contributed by atoms with van der Waals surface area (Å²) in [6.07, 6.45) is 2.84. The molecular weight excluding hydrogens is 144 g/mol. The van der Waals surface area contributed by atoms with Gasteiger partial charge in [-0.1, -0.05) is 6.92 Å². The smallest absolute Gasteiger partial charge is 0.110 e. The van der Waals surface area contributed by atoms with E-state index in [2.05, 4.69) is 11.9 Å². The minimum absolute atomic E-state index is 0.138. The first-order valence-electron chi connectivity index (χ1n) is 3.42. The van der Waals surface area contributed by atoms with Crippen LogP contribution in [0, 0.1) is 6.92 Å². The summed E-state index contributed by atoms with van der Waals surface area (Å²) in [5, 5.41) is 1.06. The van der Waals surface area contributed by atoms with Crippen LogP contribution in [0.25, 0.3) is 0 Å². The Balaban J connectivity index is 2.74. The van der Waals surface area contributed by atoms with Crippen molar-refractivity contribution in [2.24, 2.45) is 5.73 Å². The Morgan fingerprint density at radius 1 is 1.80 bits per heavy atom. The van der Waals surface area contributed by atoms with E-state index in [4.69, 9.17) is 5.73 Å². The van der Waals surface area contributed by atoms with Gasteiger partial charge in [0.1, 0.15) is 5.01 Å².